The largest absolute Gasteiger partial charge is 0.466 e. The summed E-state index contributed by atoms with van der Waals surface area (Å²) in [7, 11) is 0. The van der Waals surface area contributed by atoms with Crippen LogP contribution >= 0.6 is 0 Å². The highest BCUT2D eigenvalue weighted by Crippen LogP contribution is 2.20. The first-order valence-electron chi connectivity index (χ1n) is 6.06. The molecule has 0 saturated carbocycles. The Balaban J connectivity index is 3.08. The van der Waals surface area contributed by atoms with Crippen molar-refractivity contribution in [3.05, 3.63) is 51.6 Å². The summed E-state index contributed by atoms with van der Waals surface area (Å²) in [6.45, 7) is 3.12. The number of hydrogen-bond acceptors (Lipinski definition) is 5. The third kappa shape index (κ3) is 4.01. The van der Waals surface area contributed by atoms with E-state index in [1.807, 2.05) is 0 Å². The highest BCUT2D eigenvalue weighted by Gasteiger charge is 2.24. The van der Waals surface area contributed by atoms with Crippen LogP contribution in [0.2, 0.25) is 0 Å². The average Bonchev–Trinajstić information content (AvgIpc) is 2.39. The number of rotatable bonds is 6. The van der Waals surface area contributed by atoms with Gasteiger partial charge in [-0.25, -0.2) is 0 Å². The van der Waals surface area contributed by atoms with Crippen LogP contribution in [0.4, 0.5) is 0 Å². The molecule has 1 aromatic rings. The average molecular weight is 277 g/mol. The van der Waals surface area contributed by atoms with Gasteiger partial charge in [0.15, 0.2) is 5.78 Å². The fourth-order valence-corrected chi connectivity index (χ4v) is 1.66. The molecule has 0 amide bonds. The number of allylic oxidation sites excluding steroid dienone is 1. The Kier molecular flexibility index (Phi) is 5.58. The molecular formula is C14H15NO5. The molecule has 0 aliphatic heterocycles. The van der Waals surface area contributed by atoms with Crippen molar-refractivity contribution < 1.29 is 19.2 Å². The monoisotopic (exact) mass is 277 g/mol. The van der Waals surface area contributed by atoms with E-state index in [4.69, 9.17) is 0 Å². The van der Waals surface area contributed by atoms with Gasteiger partial charge in [0.25, 0.3) is 5.70 Å². The summed E-state index contributed by atoms with van der Waals surface area (Å²) in [6.07, 6.45) is -0.496. The zero-order valence-corrected chi connectivity index (χ0v) is 11.3. The number of nitrogens with zero attached hydrogens (tertiary/aromatic N) is 1. The van der Waals surface area contributed by atoms with Crippen molar-refractivity contribution in [2.75, 3.05) is 6.61 Å². The molecule has 20 heavy (non-hydrogen) atoms. The van der Waals surface area contributed by atoms with Crippen molar-refractivity contribution in [1.29, 1.82) is 0 Å². The molecule has 0 bridgehead atoms. The number of esters is 1. The fourth-order valence-electron chi connectivity index (χ4n) is 1.66. The third-order valence-corrected chi connectivity index (χ3v) is 2.61. The number of hydrogen-bond donors (Lipinski definition) is 0. The van der Waals surface area contributed by atoms with Crippen molar-refractivity contribution in [3.63, 3.8) is 0 Å². The lowest BCUT2D eigenvalue weighted by molar-refractivity contribution is -0.376. The first-order valence-corrected chi connectivity index (χ1v) is 6.06. The maximum Gasteiger partial charge on any atom is 0.313 e. The summed E-state index contributed by atoms with van der Waals surface area (Å²) >= 11 is 0. The van der Waals surface area contributed by atoms with E-state index >= 15 is 0 Å². The lowest BCUT2D eigenvalue weighted by atomic mass is 10.0. The predicted molar refractivity (Wildman–Crippen MR) is 72.3 cm³/mol. The minimum Gasteiger partial charge on any atom is -0.466 e. The Labute approximate surface area is 116 Å². The highest BCUT2D eigenvalue weighted by atomic mass is 16.6. The molecule has 0 fully saturated rings. The number of ether oxygens (including phenoxy) is 1. The Hall–Kier alpha value is -2.50. The standard InChI is InChI=1S/C14H15NO5/c1-3-20-13(17)9-12(16)10(2)14(15(18)19)11-7-5-4-6-8-11/h4-8H,3,9H2,1-2H3. The number of carbonyl (C=O) groups excluding carboxylic acids is 2. The Morgan fingerprint density at radius 3 is 2.35 bits per heavy atom. The summed E-state index contributed by atoms with van der Waals surface area (Å²) in [6, 6.07) is 8.08. The van der Waals surface area contributed by atoms with E-state index in [2.05, 4.69) is 4.74 Å². The highest BCUT2D eigenvalue weighted by molar-refractivity contribution is 6.08. The van der Waals surface area contributed by atoms with Gasteiger partial charge in [-0.3, -0.25) is 19.7 Å². The molecule has 0 aliphatic rings. The first-order chi connectivity index (χ1) is 9.47. The zero-order chi connectivity index (χ0) is 15.1. The Bertz CT molecular complexity index is 548. The molecule has 1 aromatic carbocycles. The second-order valence-corrected chi connectivity index (χ2v) is 4.00. The van der Waals surface area contributed by atoms with Crippen LogP contribution in [-0.4, -0.2) is 23.3 Å². The van der Waals surface area contributed by atoms with Gasteiger partial charge in [-0.1, -0.05) is 18.2 Å². The normalized spacial score (nSPS) is 11.5. The number of benzene rings is 1. The molecule has 0 aromatic heterocycles. The van der Waals surface area contributed by atoms with Gasteiger partial charge in [-0.2, -0.15) is 0 Å². The van der Waals surface area contributed by atoms with E-state index in [9.17, 15) is 19.7 Å². The molecule has 106 valence electrons. The molecule has 0 unspecified atom stereocenters. The fraction of sp³-hybridized carbons (Fsp3) is 0.286. The molecule has 0 heterocycles. The molecule has 0 atom stereocenters. The number of nitro groups is 1. The van der Waals surface area contributed by atoms with Crippen LogP contribution in [0.1, 0.15) is 25.8 Å². The van der Waals surface area contributed by atoms with Gasteiger partial charge in [-0.05, 0) is 26.0 Å². The second kappa shape index (κ2) is 7.18. The quantitative estimate of drug-likeness (QED) is 0.261. The second-order valence-electron chi connectivity index (χ2n) is 4.00. The topological polar surface area (TPSA) is 86.5 Å². The van der Waals surface area contributed by atoms with E-state index in [0.717, 1.165) is 0 Å². The van der Waals surface area contributed by atoms with Crippen LogP contribution in [0.15, 0.2) is 35.9 Å². The SMILES string of the molecule is CCOC(=O)CC(=O)C(C)=C(c1ccccc1)[N+](=O)[O-]. The van der Waals surface area contributed by atoms with E-state index in [1.54, 1.807) is 37.3 Å². The van der Waals surface area contributed by atoms with Gasteiger partial charge >= 0.3 is 5.97 Å². The first kappa shape index (κ1) is 15.6. The summed E-state index contributed by atoms with van der Waals surface area (Å²) < 4.78 is 4.66. The molecule has 0 radical (unpaired) electrons. The number of ketones is 1. The lowest BCUT2D eigenvalue weighted by Gasteiger charge is -2.04. The van der Waals surface area contributed by atoms with Crippen LogP contribution < -0.4 is 0 Å². The van der Waals surface area contributed by atoms with E-state index in [0.29, 0.717) is 5.56 Å². The maximum absolute atomic E-state index is 11.9. The van der Waals surface area contributed by atoms with Crippen LogP contribution in [0, 0.1) is 10.1 Å². The van der Waals surface area contributed by atoms with Gasteiger partial charge in [0.05, 0.1) is 22.7 Å². The van der Waals surface area contributed by atoms with Gasteiger partial charge in [0.1, 0.15) is 6.42 Å². The van der Waals surface area contributed by atoms with E-state index in [-0.39, 0.29) is 17.9 Å². The van der Waals surface area contributed by atoms with Crippen LogP contribution in [-0.2, 0) is 14.3 Å². The van der Waals surface area contributed by atoms with Gasteiger partial charge in [0, 0.05) is 0 Å². The molecule has 0 N–H and O–H groups in total. The van der Waals surface area contributed by atoms with Crippen molar-refractivity contribution in [2.45, 2.75) is 20.3 Å². The minimum atomic E-state index is -0.687. The van der Waals surface area contributed by atoms with Gasteiger partial charge < -0.3 is 4.74 Å². The Morgan fingerprint density at radius 1 is 1.25 bits per heavy atom. The zero-order valence-electron chi connectivity index (χ0n) is 11.3. The summed E-state index contributed by atoms with van der Waals surface area (Å²) in [5.74, 6) is -1.30. The van der Waals surface area contributed by atoms with Crippen LogP contribution in [0.3, 0.4) is 0 Å². The minimum absolute atomic E-state index is 0.0609. The third-order valence-electron chi connectivity index (χ3n) is 2.61. The van der Waals surface area contributed by atoms with Crippen molar-refractivity contribution in [3.8, 4) is 0 Å². The van der Waals surface area contributed by atoms with Gasteiger partial charge in [-0.15, -0.1) is 0 Å². The molecule has 0 saturated heterocycles. The summed E-state index contributed by atoms with van der Waals surface area (Å²) in [4.78, 5) is 33.7. The number of carbonyl (C=O) groups is 2. The summed E-state index contributed by atoms with van der Waals surface area (Å²) in [5.41, 5.74) is -0.0265. The molecular weight excluding hydrogens is 262 g/mol. The molecule has 0 aliphatic carbocycles. The summed E-state index contributed by atoms with van der Waals surface area (Å²) in [5, 5.41) is 11.1. The van der Waals surface area contributed by atoms with Crippen molar-refractivity contribution in [1.82, 2.24) is 0 Å². The van der Waals surface area contributed by atoms with E-state index in [1.165, 1.54) is 6.92 Å². The number of Topliss-reactive ketones (excluding diaryl/α,β-unsaturated/α-hetero) is 1. The Morgan fingerprint density at radius 2 is 1.85 bits per heavy atom. The van der Waals surface area contributed by atoms with E-state index < -0.39 is 23.1 Å². The molecule has 6 heteroatoms. The van der Waals surface area contributed by atoms with Gasteiger partial charge in [0.2, 0.25) is 0 Å². The predicted octanol–water partition coefficient (Wildman–Crippen LogP) is 2.22. The lowest BCUT2D eigenvalue weighted by Crippen LogP contribution is -2.14. The molecule has 6 nitrogen and oxygen atoms in total. The smallest absolute Gasteiger partial charge is 0.313 e. The molecule has 0 spiro atoms. The van der Waals surface area contributed by atoms with Crippen molar-refractivity contribution in [2.24, 2.45) is 0 Å². The van der Waals surface area contributed by atoms with Crippen LogP contribution in [0.5, 0.6) is 0 Å². The molecule has 1 rings (SSSR count). The van der Waals surface area contributed by atoms with Crippen molar-refractivity contribution >= 4 is 17.4 Å². The maximum atomic E-state index is 11.9. The van der Waals surface area contributed by atoms with Crippen LogP contribution in [0.25, 0.3) is 5.70 Å².